The Balaban J connectivity index is 0. The molecule has 0 unspecified atom stereocenters. The zero-order chi connectivity index (χ0) is 18.5. The number of unbranched alkanes of at least 4 members (excludes halogenated alkanes) is 9. The summed E-state index contributed by atoms with van der Waals surface area (Å²) in [4.78, 5) is 9.25. The van der Waals surface area contributed by atoms with Gasteiger partial charge in [0, 0.05) is 6.08 Å². The van der Waals surface area contributed by atoms with Gasteiger partial charge in [-0.1, -0.05) is 6.58 Å². The van der Waals surface area contributed by atoms with E-state index in [1.54, 1.807) is 32.6 Å². The van der Waals surface area contributed by atoms with Gasteiger partial charge in [0.2, 0.25) is 0 Å². The summed E-state index contributed by atoms with van der Waals surface area (Å²) < 4.78 is 5.13. The zero-order valence-electron chi connectivity index (χ0n) is 16.7. The van der Waals surface area contributed by atoms with Crippen LogP contribution in [0.2, 0.25) is 13.3 Å². The van der Waals surface area contributed by atoms with Crippen LogP contribution in [-0.2, 0) is 4.79 Å². The molecule has 1 N–H and O–H groups in total. The molecule has 0 spiro atoms. The van der Waals surface area contributed by atoms with Crippen molar-refractivity contribution in [1.82, 2.24) is 0 Å². The quantitative estimate of drug-likeness (QED) is 0.152. The average molecular weight is 446 g/mol. The van der Waals surface area contributed by atoms with Crippen LogP contribution in [0.4, 0.5) is 0 Å². The molecule has 0 aliphatic heterocycles. The van der Waals surface area contributed by atoms with E-state index in [1.165, 1.54) is 57.8 Å². The second-order valence-electron chi connectivity index (χ2n) is 6.72. The maximum atomic E-state index is 9.25. The van der Waals surface area contributed by atoms with Gasteiger partial charge in [-0.3, -0.25) is 0 Å². The third-order valence-corrected chi connectivity index (χ3v) is 13.4. The van der Waals surface area contributed by atoms with Crippen molar-refractivity contribution in [2.24, 2.45) is 0 Å². The summed E-state index contributed by atoms with van der Waals surface area (Å²) in [7, 11) is 0. The Hall–Kier alpha value is 0.00870. The van der Waals surface area contributed by atoms with Crippen molar-refractivity contribution >= 4 is 25.7 Å². The number of hydrogen-bond acceptors (Lipinski definition) is 1. The molecule has 0 rings (SSSR count). The van der Waals surface area contributed by atoms with Gasteiger partial charge in [-0.15, -0.1) is 0 Å². The molecule has 1 radical (unpaired) electrons. The Morgan fingerprint density at radius 2 is 1.04 bits per heavy atom. The summed E-state index contributed by atoms with van der Waals surface area (Å²) >= 11 is -0.948. The van der Waals surface area contributed by atoms with Crippen molar-refractivity contribution in [1.29, 1.82) is 0 Å². The van der Waals surface area contributed by atoms with E-state index in [2.05, 4.69) is 27.4 Å². The summed E-state index contributed by atoms with van der Waals surface area (Å²) in [6.07, 6.45) is 18.7. The van der Waals surface area contributed by atoms with Crippen molar-refractivity contribution in [2.75, 3.05) is 0 Å². The fraction of sp³-hybridized carbons (Fsp3) is 0.857. The first-order valence-corrected chi connectivity index (χ1v) is 16.4. The summed E-state index contributed by atoms with van der Waals surface area (Å²) in [6, 6.07) is 0. The van der Waals surface area contributed by atoms with Gasteiger partial charge in [-0.2, -0.15) is 0 Å². The fourth-order valence-electron chi connectivity index (χ4n) is 2.78. The van der Waals surface area contributed by atoms with E-state index in [1.807, 2.05) is 0 Å². The summed E-state index contributed by atoms with van der Waals surface area (Å²) in [5, 5.41) is 7.60. The van der Waals surface area contributed by atoms with Crippen LogP contribution in [0.25, 0.3) is 0 Å². The second-order valence-corrected chi connectivity index (χ2v) is 15.3. The van der Waals surface area contributed by atoms with Crippen LogP contribution in [0, 0.1) is 0 Å². The Kier molecular flexibility index (Phi) is 25.2. The van der Waals surface area contributed by atoms with Gasteiger partial charge in [0.15, 0.2) is 0 Å². The zero-order valence-corrected chi connectivity index (χ0v) is 19.6. The molecule has 0 fully saturated rings. The third-order valence-electron chi connectivity index (χ3n) is 4.33. The van der Waals surface area contributed by atoms with Gasteiger partial charge < -0.3 is 5.11 Å². The van der Waals surface area contributed by atoms with E-state index in [0.717, 1.165) is 6.08 Å². The average Bonchev–Trinajstić information content (AvgIpc) is 2.59. The first-order chi connectivity index (χ1) is 11.6. The number of rotatable bonds is 16. The standard InChI is InChI=1S/3C6H13.C3H4O2.Sn/c3*1-3-5-6-4-2;1-2-3(4)5;/h3*1,3-6H2,2H3;2H,1H2,(H,4,5);. The van der Waals surface area contributed by atoms with E-state index in [9.17, 15) is 4.79 Å². The number of carboxylic acid groups (broad SMARTS) is 1. The maximum absolute atomic E-state index is 9.25. The molecular weight excluding hydrogens is 403 g/mol. The molecule has 0 bridgehead atoms. The third kappa shape index (κ3) is 24.3. The molecule has 0 heterocycles. The van der Waals surface area contributed by atoms with Crippen LogP contribution in [0.3, 0.4) is 0 Å². The van der Waals surface area contributed by atoms with E-state index in [0.29, 0.717) is 0 Å². The van der Waals surface area contributed by atoms with Crippen molar-refractivity contribution in [3.63, 3.8) is 0 Å². The first-order valence-electron chi connectivity index (χ1n) is 10.3. The van der Waals surface area contributed by atoms with Crippen LogP contribution in [0.5, 0.6) is 0 Å². The number of carboxylic acids is 1. The molecule has 0 saturated heterocycles. The molecule has 0 aromatic heterocycles. The molecule has 24 heavy (non-hydrogen) atoms. The number of hydrogen-bond donors (Lipinski definition) is 1. The molecule has 0 aromatic carbocycles. The van der Waals surface area contributed by atoms with Gasteiger partial charge in [0.05, 0.1) is 0 Å². The molecule has 143 valence electrons. The number of carbonyl (C=O) groups is 1. The van der Waals surface area contributed by atoms with Crippen molar-refractivity contribution < 1.29 is 9.90 Å². The molecule has 0 saturated carbocycles. The summed E-state index contributed by atoms with van der Waals surface area (Å²) in [5.74, 6) is -0.981. The Morgan fingerprint density at radius 3 is 1.25 bits per heavy atom. The molecule has 2 nitrogen and oxygen atoms in total. The predicted octanol–water partition coefficient (Wildman–Crippen LogP) is 7.48. The monoisotopic (exact) mass is 447 g/mol. The van der Waals surface area contributed by atoms with Crippen LogP contribution in [0.15, 0.2) is 12.7 Å². The van der Waals surface area contributed by atoms with Crippen molar-refractivity contribution in [3.8, 4) is 0 Å². The van der Waals surface area contributed by atoms with Gasteiger partial charge >= 0.3 is 137 Å². The van der Waals surface area contributed by atoms with Crippen LogP contribution in [0.1, 0.15) is 97.8 Å². The van der Waals surface area contributed by atoms with Gasteiger partial charge in [-0.25, -0.2) is 4.79 Å². The van der Waals surface area contributed by atoms with E-state index < -0.39 is 25.7 Å². The van der Waals surface area contributed by atoms with Gasteiger partial charge in [0.25, 0.3) is 0 Å². The Bertz CT molecular complexity index is 238. The Morgan fingerprint density at radius 1 is 0.750 bits per heavy atom. The molecule has 3 heteroatoms. The molecule has 0 amide bonds. The number of aliphatic carboxylic acids is 1. The minimum absolute atomic E-state index is 0.833. The summed E-state index contributed by atoms with van der Waals surface area (Å²) in [5.41, 5.74) is 0. The summed E-state index contributed by atoms with van der Waals surface area (Å²) in [6.45, 7) is 9.95. The fourth-order valence-corrected chi connectivity index (χ4v) is 11.3. The van der Waals surface area contributed by atoms with E-state index in [-0.39, 0.29) is 0 Å². The van der Waals surface area contributed by atoms with Crippen molar-refractivity contribution in [3.05, 3.63) is 12.7 Å². The predicted molar refractivity (Wildman–Crippen MR) is 110 cm³/mol. The Labute approximate surface area is 159 Å². The van der Waals surface area contributed by atoms with Gasteiger partial charge in [0.1, 0.15) is 0 Å². The van der Waals surface area contributed by atoms with Crippen LogP contribution >= 0.6 is 0 Å². The normalized spacial score (nSPS) is 10.3. The molecular formula is C21H43O2Sn. The van der Waals surface area contributed by atoms with Crippen LogP contribution < -0.4 is 0 Å². The second kappa shape index (κ2) is 23.0. The van der Waals surface area contributed by atoms with Crippen LogP contribution in [-0.4, -0.2) is 30.8 Å². The topological polar surface area (TPSA) is 37.3 Å². The molecule has 0 atom stereocenters. The van der Waals surface area contributed by atoms with Crippen molar-refractivity contribution in [2.45, 2.75) is 111 Å². The molecule has 0 aromatic rings. The van der Waals surface area contributed by atoms with E-state index in [4.69, 9.17) is 5.11 Å². The SMILES string of the molecule is C=CC(=O)O.CCCCC[CH2][Sn]([CH2]CCCCC)[CH2]CCCCC. The first kappa shape index (κ1) is 26.2. The minimum atomic E-state index is -0.981. The van der Waals surface area contributed by atoms with Gasteiger partial charge in [-0.05, 0) is 0 Å². The molecule has 0 aliphatic carbocycles. The van der Waals surface area contributed by atoms with E-state index >= 15 is 0 Å². The molecule has 0 aliphatic rings.